The van der Waals surface area contributed by atoms with Crippen molar-refractivity contribution in [2.45, 2.75) is 39.7 Å². The summed E-state index contributed by atoms with van der Waals surface area (Å²) >= 11 is 5.78. The van der Waals surface area contributed by atoms with Crippen LogP contribution in [0.4, 0.5) is 0 Å². The van der Waals surface area contributed by atoms with Crippen LogP contribution in [0, 0.1) is 6.92 Å². The molecule has 0 radical (unpaired) electrons. The Morgan fingerprint density at radius 2 is 2.07 bits per heavy atom. The lowest BCUT2D eigenvalue weighted by atomic mass is 10.0. The first-order valence-corrected chi connectivity index (χ1v) is 5.47. The van der Waals surface area contributed by atoms with Gasteiger partial charge in [0, 0.05) is 11.3 Å². The highest BCUT2D eigenvalue weighted by atomic mass is 35.5. The van der Waals surface area contributed by atoms with E-state index >= 15 is 0 Å². The van der Waals surface area contributed by atoms with Crippen molar-refractivity contribution < 1.29 is 10.2 Å². The fourth-order valence-electron chi connectivity index (χ4n) is 1.51. The van der Waals surface area contributed by atoms with E-state index in [1.54, 1.807) is 0 Å². The summed E-state index contributed by atoms with van der Waals surface area (Å²) in [5.74, 6) is -0.100. The van der Waals surface area contributed by atoms with Gasteiger partial charge in [-0.3, -0.25) is 0 Å². The normalized spacial score (nSPS) is 10.7. The first kappa shape index (κ1) is 12.3. The zero-order valence-electron chi connectivity index (χ0n) is 9.05. The van der Waals surface area contributed by atoms with Crippen LogP contribution in [-0.4, -0.2) is 15.2 Å². The van der Waals surface area contributed by atoms with Gasteiger partial charge >= 0.3 is 0 Å². The molecule has 4 heteroatoms. The summed E-state index contributed by atoms with van der Waals surface area (Å²) in [5, 5.41) is 18.8. The second-order valence-electron chi connectivity index (χ2n) is 3.56. The van der Waals surface area contributed by atoms with Crippen molar-refractivity contribution in [2.75, 3.05) is 0 Å². The van der Waals surface area contributed by atoms with Crippen LogP contribution in [0.1, 0.15) is 36.6 Å². The maximum absolute atomic E-state index is 9.57. The van der Waals surface area contributed by atoms with Crippen LogP contribution in [0.25, 0.3) is 0 Å². The molecule has 1 rings (SSSR count). The number of nitrogens with zero attached hydrogens (tertiary/aromatic N) is 1. The lowest BCUT2D eigenvalue weighted by Crippen LogP contribution is -2.01. The van der Waals surface area contributed by atoms with Crippen LogP contribution in [0.5, 0.6) is 5.75 Å². The van der Waals surface area contributed by atoms with Crippen LogP contribution in [0.2, 0.25) is 5.15 Å². The van der Waals surface area contributed by atoms with E-state index in [9.17, 15) is 5.11 Å². The second-order valence-corrected chi connectivity index (χ2v) is 3.92. The Morgan fingerprint density at radius 1 is 1.40 bits per heavy atom. The molecule has 0 aliphatic rings. The Morgan fingerprint density at radius 3 is 2.60 bits per heavy atom. The smallest absolute Gasteiger partial charge is 0.171 e. The molecule has 0 spiro atoms. The number of hydrogen-bond donors (Lipinski definition) is 2. The number of aryl methyl sites for hydroxylation is 1. The molecular formula is C11H16ClNO2. The van der Waals surface area contributed by atoms with E-state index < -0.39 is 0 Å². The summed E-state index contributed by atoms with van der Waals surface area (Å²) in [6.07, 6.45) is 2.93. The molecule has 0 atom stereocenters. The van der Waals surface area contributed by atoms with Crippen molar-refractivity contribution in [3.8, 4) is 5.75 Å². The molecule has 0 aliphatic heterocycles. The number of aromatic nitrogens is 1. The molecule has 0 unspecified atom stereocenters. The summed E-state index contributed by atoms with van der Waals surface area (Å²) in [6, 6.07) is 0. The number of aliphatic hydroxyl groups is 1. The average Bonchev–Trinajstić information content (AvgIpc) is 2.22. The number of rotatable bonds is 4. The van der Waals surface area contributed by atoms with Crippen molar-refractivity contribution in [1.82, 2.24) is 4.98 Å². The van der Waals surface area contributed by atoms with Crippen molar-refractivity contribution in [3.05, 3.63) is 22.0 Å². The monoisotopic (exact) mass is 229 g/mol. The SMILES string of the molecule is CCCCc1nc(Cl)c(O)c(CO)c1C. The highest BCUT2D eigenvalue weighted by Gasteiger charge is 2.14. The zero-order valence-corrected chi connectivity index (χ0v) is 9.80. The van der Waals surface area contributed by atoms with Crippen LogP contribution in [0.3, 0.4) is 0 Å². The minimum Gasteiger partial charge on any atom is -0.504 e. The molecule has 1 aromatic rings. The number of pyridine rings is 1. The Kier molecular flexibility index (Phi) is 4.36. The number of aromatic hydroxyl groups is 1. The highest BCUT2D eigenvalue weighted by molar-refractivity contribution is 6.30. The summed E-state index contributed by atoms with van der Waals surface area (Å²) in [7, 11) is 0. The Balaban J connectivity index is 3.12. The van der Waals surface area contributed by atoms with E-state index in [-0.39, 0.29) is 17.5 Å². The molecule has 84 valence electrons. The third-order valence-corrected chi connectivity index (χ3v) is 2.79. The molecule has 3 nitrogen and oxygen atoms in total. The number of unbranched alkanes of at least 4 members (excludes halogenated alkanes) is 1. The Labute approximate surface area is 94.7 Å². The van der Waals surface area contributed by atoms with E-state index in [4.69, 9.17) is 16.7 Å². The van der Waals surface area contributed by atoms with E-state index in [0.29, 0.717) is 5.56 Å². The fraction of sp³-hybridized carbons (Fsp3) is 0.545. The molecule has 2 N–H and O–H groups in total. The summed E-state index contributed by atoms with van der Waals surface area (Å²) in [4.78, 5) is 4.12. The first-order chi connectivity index (χ1) is 7.11. The zero-order chi connectivity index (χ0) is 11.4. The summed E-state index contributed by atoms with van der Waals surface area (Å²) < 4.78 is 0. The Hall–Kier alpha value is -0.800. The molecule has 0 saturated carbocycles. The van der Waals surface area contributed by atoms with Crippen molar-refractivity contribution in [1.29, 1.82) is 0 Å². The minimum absolute atomic E-state index is 0.0794. The molecule has 1 aromatic heterocycles. The fourth-order valence-corrected chi connectivity index (χ4v) is 1.73. The predicted molar refractivity (Wildman–Crippen MR) is 60.2 cm³/mol. The maximum atomic E-state index is 9.57. The quantitative estimate of drug-likeness (QED) is 0.781. The van der Waals surface area contributed by atoms with Crippen molar-refractivity contribution in [2.24, 2.45) is 0 Å². The number of hydrogen-bond acceptors (Lipinski definition) is 3. The predicted octanol–water partition coefficient (Wildman–Crippen LogP) is 2.58. The second kappa shape index (κ2) is 5.33. The molecule has 0 saturated heterocycles. The maximum Gasteiger partial charge on any atom is 0.171 e. The van der Waals surface area contributed by atoms with Crippen molar-refractivity contribution in [3.63, 3.8) is 0 Å². The number of aliphatic hydroxyl groups excluding tert-OH is 1. The standard InChI is InChI=1S/C11H16ClNO2/c1-3-4-5-9-7(2)8(6-14)10(15)11(12)13-9/h14-15H,3-6H2,1-2H3. The van der Waals surface area contributed by atoms with Gasteiger partial charge in [-0.25, -0.2) is 4.98 Å². The van der Waals surface area contributed by atoms with Gasteiger partial charge in [-0.15, -0.1) is 0 Å². The topological polar surface area (TPSA) is 53.4 Å². The molecule has 15 heavy (non-hydrogen) atoms. The van der Waals surface area contributed by atoms with Gasteiger partial charge in [0.05, 0.1) is 6.61 Å². The molecule has 0 fully saturated rings. The summed E-state index contributed by atoms with van der Waals surface area (Å²) in [5.41, 5.74) is 2.19. The minimum atomic E-state index is -0.209. The van der Waals surface area contributed by atoms with Crippen LogP contribution < -0.4 is 0 Å². The van der Waals surface area contributed by atoms with Gasteiger partial charge in [0.25, 0.3) is 0 Å². The highest BCUT2D eigenvalue weighted by Crippen LogP contribution is 2.30. The Bertz CT molecular complexity index is 353. The molecule has 0 bridgehead atoms. The first-order valence-electron chi connectivity index (χ1n) is 5.09. The lowest BCUT2D eigenvalue weighted by Gasteiger charge is -2.11. The molecule has 1 heterocycles. The van der Waals surface area contributed by atoms with Gasteiger partial charge in [-0.2, -0.15) is 0 Å². The van der Waals surface area contributed by atoms with E-state index in [2.05, 4.69) is 11.9 Å². The van der Waals surface area contributed by atoms with Gasteiger partial charge in [0.2, 0.25) is 0 Å². The van der Waals surface area contributed by atoms with Crippen molar-refractivity contribution >= 4 is 11.6 Å². The number of halogens is 1. The van der Waals surface area contributed by atoms with E-state index in [0.717, 1.165) is 30.5 Å². The average molecular weight is 230 g/mol. The van der Waals surface area contributed by atoms with Gasteiger partial charge in [-0.05, 0) is 25.3 Å². The largest absolute Gasteiger partial charge is 0.504 e. The lowest BCUT2D eigenvalue weighted by molar-refractivity contribution is 0.274. The third kappa shape index (κ3) is 2.61. The van der Waals surface area contributed by atoms with Crippen LogP contribution in [0.15, 0.2) is 0 Å². The molecule has 0 aliphatic carbocycles. The third-order valence-electron chi connectivity index (χ3n) is 2.53. The van der Waals surface area contributed by atoms with Gasteiger partial charge in [0.1, 0.15) is 0 Å². The van der Waals surface area contributed by atoms with E-state index in [1.807, 2.05) is 6.92 Å². The van der Waals surface area contributed by atoms with Gasteiger partial charge < -0.3 is 10.2 Å². The summed E-state index contributed by atoms with van der Waals surface area (Å²) in [6.45, 7) is 3.74. The van der Waals surface area contributed by atoms with Crippen LogP contribution in [-0.2, 0) is 13.0 Å². The molecule has 0 amide bonds. The molecular weight excluding hydrogens is 214 g/mol. The van der Waals surface area contributed by atoms with Gasteiger partial charge in [0.15, 0.2) is 10.9 Å². The van der Waals surface area contributed by atoms with Crippen LogP contribution >= 0.6 is 11.6 Å². The molecule has 0 aromatic carbocycles. The van der Waals surface area contributed by atoms with E-state index in [1.165, 1.54) is 0 Å². The van der Waals surface area contributed by atoms with Gasteiger partial charge in [-0.1, -0.05) is 24.9 Å².